The number of carbonyl (C=O) groups excluding carboxylic acids is 1. The zero-order valence-electron chi connectivity index (χ0n) is 20.1. The van der Waals surface area contributed by atoms with Gasteiger partial charge in [-0.15, -0.1) is 22.7 Å². The molecule has 190 valence electrons. The maximum atomic E-state index is 13.9. The minimum atomic E-state index is -4.52. The fraction of sp³-hybridized carbons (Fsp3) is 0.480. The lowest BCUT2D eigenvalue weighted by atomic mass is 9.72. The lowest BCUT2D eigenvalue weighted by Crippen LogP contribution is -2.35. The Morgan fingerprint density at radius 2 is 2.11 bits per heavy atom. The van der Waals surface area contributed by atoms with E-state index >= 15 is 0 Å². The highest BCUT2D eigenvalue weighted by Crippen LogP contribution is 2.46. The van der Waals surface area contributed by atoms with Gasteiger partial charge in [0.2, 0.25) is 0 Å². The third-order valence-electron chi connectivity index (χ3n) is 7.14. The number of hydrogen-bond acceptors (Lipinski definition) is 6. The number of fused-ring (bicyclic) bond motifs is 2. The van der Waals surface area contributed by atoms with Crippen LogP contribution in [0.25, 0.3) is 0 Å². The number of alkyl halides is 3. The Balaban J connectivity index is 1.42. The Bertz CT molecular complexity index is 1330. The van der Waals surface area contributed by atoms with E-state index < -0.39 is 24.2 Å². The summed E-state index contributed by atoms with van der Waals surface area (Å²) in [6.45, 7) is 6.61. The molecule has 5 rings (SSSR count). The first-order chi connectivity index (χ1) is 17.0. The van der Waals surface area contributed by atoms with Crippen LogP contribution < -0.4 is 10.6 Å². The first kappa shape index (κ1) is 24.8. The molecular formula is C25H26F3N5OS2. The first-order valence-corrected chi connectivity index (χ1v) is 13.5. The molecule has 36 heavy (non-hydrogen) atoms. The first-order valence-electron chi connectivity index (χ1n) is 11.8. The number of aromatic nitrogens is 2. The number of amides is 1. The average molecular weight is 534 g/mol. The van der Waals surface area contributed by atoms with Crippen LogP contribution in [0.3, 0.4) is 0 Å². The quantitative estimate of drug-likeness (QED) is 0.382. The second kappa shape index (κ2) is 8.92. The number of hydrogen-bond donors (Lipinski definition) is 2. The van der Waals surface area contributed by atoms with Crippen molar-refractivity contribution in [3.63, 3.8) is 0 Å². The van der Waals surface area contributed by atoms with E-state index in [1.165, 1.54) is 28.7 Å². The van der Waals surface area contributed by atoms with Gasteiger partial charge in [-0.3, -0.25) is 4.79 Å². The van der Waals surface area contributed by atoms with Crippen LogP contribution in [0.2, 0.25) is 0 Å². The molecule has 3 aromatic rings. The number of nitrogens with one attached hydrogen (secondary N) is 2. The largest absolute Gasteiger partial charge is 0.410 e. The van der Waals surface area contributed by atoms with Crippen LogP contribution in [0.15, 0.2) is 23.6 Å². The van der Waals surface area contributed by atoms with Crippen LogP contribution in [-0.2, 0) is 12.8 Å². The summed E-state index contributed by atoms with van der Waals surface area (Å²) < 4.78 is 42.6. The predicted octanol–water partition coefficient (Wildman–Crippen LogP) is 6.94. The molecule has 0 saturated carbocycles. The van der Waals surface area contributed by atoms with E-state index in [0.29, 0.717) is 16.5 Å². The van der Waals surface area contributed by atoms with Gasteiger partial charge in [-0.2, -0.15) is 23.5 Å². The molecule has 3 atom stereocenters. The van der Waals surface area contributed by atoms with E-state index in [1.54, 1.807) is 12.1 Å². The maximum Gasteiger partial charge on any atom is 0.410 e. The number of nitriles is 1. The zero-order chi connectivity index (χ0) is 25.8. The van der Waals surface area contributed by atoms with Crippen molar-refractivity contribution in [1.82, 2.24) is 9.78 Å². The molecule has 0 aromatic carbocycles. The third-order valence-corrected chi connectivity index (χ3v) is 9.29. The Hall–Kier alpha value is -2.84. The minimum Gasteiger partial charge on any atom is -0.363 e. The summed E-state index contributed by atoms with van der Waals surface area (Å²) in [5.41, 5.74) is 1.43. The number of rotatable bonds is 3. The molecule has 1 amide bonds. The van der Waals surface area contributed by atoms with Gasteiger partial charge in [0.05, 0.1) is 11.6 Å². The van der Waals surface area contributed by atoms with E-state index in [0.717, 1.165) is 39.3 Å². The molecule has 1 aliphatic heterocycles. The van der Waals surface area contributed by atoms with E-state index in [1.807, 2.05) is 5.38 Å². The normalized spacial score (nSPS) is 21.8. The summed E-state index contributed by atoms with van der Waals surface area (Å²) in [6.07, 6.45) is -2.15. The fourth-order valence-electron chi connectivity index (χ4n) is 5.06. The minimum absolute atomic E-state index is 0.124. The summed E-state index contributed by atoms with van der Waals surface area (Å²) in [5.74, 6) is -0.0128. The van der Waals surface area contributed by atoms with Crippen molar-refractivity contribution in [3.8, 4) is 6.07 Å². The Labute approximate surface area is 215 Å². The van der Waals surface area contributed by atoms with E-state index in [2.05, 4.69) is 42.6 Å². The summed E-state index contributed by atoms with van der Waals surface area (Å²) in [4.78, 5) is 15.0. The summed E-state index contributed by atoms with van der Waals surface area (Å²) in [6, 6.07) is 4.79. The van der Waals surface area contributed by atoms with Crippen molar-refractivity contribution < 1.29 is 18.0 Å². The van der Waals surface area contributed by atoms with Gasteiger partial charge < -0.3 is 10.6 Å². The molecular weight excluding hydrogens is 507 g/mol. The van der Waals surface area contributed by atoms with Crippen LogP contribution in [0.4, 0.5) is 24.0 Å². The van der Waals surface area contributed by atoms with Crippen molar-refractivity contribution in [1.29, 1.82) is 5.26 Å². The Kier molecular flexibility index (Phi) is 6.16. The molecule has 0 fully saturated rings. The van der Waals surface area contributed by atoms with Gasteiger partial charge in [0.15, 0.2) is 11.7 Å². The molecule has 4 heterocycles. The molecule has 6 nitrogen and oxygen atoms in total. The molecule has 0 bridgehead atoms. The number of carbonyl (C=O) groups is 1. The molecule has 0 radical (unpaired) electrons. The van der Waals surface area contributed by atoms with Crippen molar-refractivity contribution in [2.75, 3.05) is 10.6 Å². The van der Waals surface area contributed by atoms with Gasteiger partial charge in [0.25, 0.3) is 5.91 Å². The SMILES string of the molecule is CC(C)(C)C1CCc2c(sc(NC(=O)c3cc4n(n3)[C@H](C(F)(F)F)C[C@H](c3cccs3)N4)c2C#N)C1. The lowest BCUT2D eigenvalue weighted by Gasteiger charge is -2.33. The number of nitrogens with zero attached hydrogens (tertiary/aromatic N) is 3. The average Bonchev–Trinajstić information content (AvgIpc) is 3.54. The highest BCUT2D eigenvalue weighted by atomic mass is 32.1. The molecule has 0 spiro atoms. The van der Waals surface area contributed by atoms with Crippen molar-refractivity contribution in [2.24, 2.45) is 11.3 Å². The monoisotopic (exact) mass is 533 g/mol. The predicted molar refractivity (Wildman–Crippen MR) is 135 cm³/mol. The topological polar surface area (TPSA) is 82.7 Å². The van der Waals surface area contributed by atoms with Gasteiger partial charge in [-0.05, 0) is 47.6 Å². The van der Waals surface area contributed by atoms with Crippen LogP contribution in [0, 0.1) is 22.7 Å². The van der Waals surface area contributed by atoms with Gasteiger partial charge in [-0.1, -0.05) is 26.8 Å². The molecule has 0 saturated heterocycles. The number of halogens is 3. The highest BCUT2D eigenvalue weighted by Gasteiger charge is 2.47. The van der Waals surface area contributed by atoms with Gasteiger partial charge in [-0.25, -0.2) is 4.68 Å². The Morgan fingerprint density at radius 3 is 2.75 bits per heavy atom. The van der Waals surface area contributed by atoms with Crippen LogP contribution >= 0.6 is 22.7 Å². The maximum absolute atomic E-state index is 13.9. The number of thiophene rings is 2. The van der Waals surface area contributed by atoms with Crippen molar-refractivity contribution in [3.05, 3.63) is 50.2 Å². The second-order valence-electron chi connectivity index (χ2n) is 10.4. The van der Waals surface area contributed by atoms with Crippen molar-refractivity contribution in [2.45, 2.75) is 64.7 Å². The summed E-state index contributed by atoms with van der Waals surface area (Å²) >= 11 is 2.77. The Morgan fingerprint density at radius 1 is 1.33 bits per heavy atom. The van der Waals surface area contributed by atoms with Crippen LogP contribution in [0.1, 0.15) is 77.1 Å². The summed E-state index contributed by atoms with van der Waals surface area (Å²) in [7, 11) is 0. The van der Waals surface area contributed by atoms with E-state index in [9.17, 15) is 23.2 Å². The molecule has 11 heteroatoms. The van der Waals surface area contributed by atoms with E-state index in [4.69, 9.17) is 0 Å². The van der Waals surface area contributed by atoms with Gasteiger partial charge in [0.1, 0.15) is 16.9 Å². The zero-order valence-corrected chi connectivity index (χ0v) is 21.7. The smallest absolute Gasteiger partial charge is 0.363 e. The third kappa shape index (κ3) is 4.52. The van der Waals surface area contributed by atoms with Crippen LogP contribution in [-0.4, -0.2) is 21.9 Å². The lowest BCUT2D eigenvalue weighted by molar-refractivity contribution is -0.173. The van der Waals surface area contributed by atoms with Crippen molar-refractivity contribution >= 4 is 39.4 Å². The highest BCUT2D eigenvalue weighted by molar-refractivity contribution is 7.16. The van der Waals surface area contributed by atoms with Gasteiger partial charge >= 0.3 is 6.18 Å². The van der Waals surface area contributed by atoms with Crippen LogP contribution in [0.5, 0.6) is 0 Å². The van der Waals surface area contributed by atoms with E-state index in [-0.39, 0.29) is 23.3 Å². The molecule has 1 aliphatic carbocycles. The standard InChI is InChI=1S/C25H26F3N5OS2/c1-24(2,3)13-6-7-14-15(12-29)23(36-19(14)9-13)31-22(34)17-11-21-30-16(18-5-4-8-35-18)10-20(25(26,27)28)33(21)32-17/h4-5,8,11,13,16,20,30H,6-7,9-10H2,1-3H3,(H,31,34)/t13?,16-,20+/m1/s1. The second-order valence-corrected chi connectivity index (χ2v) is 12.5. The molecule has 2 aliphatic rings. The van der Waals surface area contributed by atoms with Gasteiger partial charge in [0, 0.05) is 22.2 Å². The molecule has 3 aromatic heterocycles. The summed E-state index contributed by atoms with van der Waals surface area (Å²) in [5, 5.41) is 22.0. The number of anilines is 2. The molecule has 1 unspecified atom stereocenters. The fourth-order valence-corrected chi connectivity index (χ4v) is 7.12. The molecule has 2 N–H and O–H groups in total.